The number of alkyl halides is 1. The Kier molecular flexibility index (Phi) is 4.82. The summed E-state index contributed by atoms with van der Waals surface area (Å²) >= 11 is 0. The van der Waals surface area contributed by atoms with Gasteiger partial charge in [-0.15, -0.1) is 0 Å². The van der Waals surface area contributed by atoms with Crippen molar-refractivity contribution in [3.63, 3.8) is 0 Å². The smallest absolute Gasteiger partial charge is 0.278 e. The molecule has 3 aromatic heterocycles. The highest BCUT2D eigenvalue weighted by molar-refractivity contribution is 5.77. The van der Waals surface area contributed by atoms with Crippen molar-refractivity contribution in [1.82, 2.24) is 34.6 Å². The summed E-state index contributed by atoms with van der Waals surface area (Å²) < 4.78 is 17.2. The molecular weight excluding hydrogens is 471 g/mol. The van der Waals surface area contributed by atoms with Gasteiger partial charge in [0, 0.05) is 36.2 Å². The first-order valence-corrected chi connectivity index (χ1v) is 12.9. The van der Waals surface area contributed by atoms with Crippen molar-refractivity contribution in [3.05, 3.63) is 64.0 Å². The zero-order valence-corrected chi connectivity index (χ0v) is 21.0. The van der Waals surface area contributed by atoms with Crippen LogP contribution in [0.15, 0.2) is 41.5 Å². The number of halogens is 1. The summed E-state index contributed by atoms with van der Waals surface area (Å²) in [6.45, 7) is 3.92. The van der Waals surface area contributed by atoms with Gasteiger partial charge in [0.05, 0.1) is 11.5 Å². The largest absolute Gasteiger partial charge is 0.324 e. The molecular formula is C27H29FN8O. The molecule has 0 saturated heterocycles. The van der Waals surface area contributed by atoms with Crippen molar-refractivity contribution in [2.75, 3.05) is 18.5 Å². The molecule has 4 aromatic rings. The van der Waals surface area contributed by atoms with Crippen LogP contribution in [0.5, 0.6) is 0 Å². The van der Waals surface area contributed by atoms with Crippen LogP contribution in [-0.2, 0) is 17.4 Å². The Morgan fingerprint density at radius 2 is 2.03 bits per heavy atom. The SMILES string of the molecule is CC(C)(CF)c1nccc(-n2c3nc(Nc4ccc5c(c4)CCNC54CC4)ncc3c(=O)n2C2CC2)n1. The molecule has 1 aliphatic heterocycles. The number of hydrogen-bond donors (Lipinski definition) is 2. The van der Waals surface area contributed by atoms with Gasteiger partial charge in [0.1, 0.15) is 17.9 Å². The maximum Gasteiger partial charge on any atom is 0.278 e. The second-order valence-electron chi connectivity index (χ2n) is 11.1. The standard InChI is InChI=1S/C27H29FN8O/c1-26(2,15-28)24-29-11-8-21(33-24)36-22-19(23(37)35(36)18-4-5-18)14-30-25(34-22)32-17-3-6-20-16(13-17)7-12-31-27(20)9-10-27/h3,6,8,11,13-14,18,31H,4-5,7,9-10,12,15H2,1-2H3,(H,30,32,34). The van der Waals surface area contributed by atoms with Gasteiger partial charge in [0.2, 0.25) is 5.95 Å². The third kappa shape index (κ3) is 3.65. The van der Waals surface area contributed by atoms with Gasteiger partial charge in [-0.25, -0.2) is 24.3 Å². The van der Waals surface area contributed by atoms with Gasteiger partial charge in [-0.1, -0.05) is 19.9 Å². The second-order valence-corrected chi connectivity index (χ2v) is 11.1. The van der Waals surface area contributed by atoms with E-state index in [1.54, 1.807) is 41.7 Å². The fourth-order valence-corrected chi connectivity index (χ4v) is 5.36. The summed E-state index contributed by atoms with van der Waals surface area (Å²) in [6, 6.07) is 8.26. The summed E-state index contributed by atoms with van der Waals surface area (Å²) in [5.74, 6) is 1.28. The van der Waals surface area contributed by atoms with Crippen LogP contribution in [0.1, 0.15) is 62.5 Å². The number of fused-ring (bicyclic) bond motifs is 3. The van der Waals surface area contributed by atoms with Crippen molar-refractivity contribution >= 4 is 22.7 Å². The molecule has 0 atom stereocenters. The maximum absolute atomic E-state index is 13.7. The van der Waals surface area contributed by atoms with Crippen LogP contribution in [0, 0.1) is 0 Å². The predicted octanol–water partition coefficient (Wildman–Crippen LogP) is 3.83. The van der Waals surface area contributed by atoms with E-state index in [1.165, 1.54) is 24.0 Å². The van der Waals surface area contributed by atoms with Crippen LogP contribution in [0.2, 0.25) is 0 Å². The molecule has 1 aromatic carbocycles. The van der Waals surface area contributed by atoms with Crippen LogP contribution in [0.25, 0.3) is 16.9 Å². The van der Waals surface area contributed by atoms with Gasteiger partial charge in [-0.3, -0.25) is 9.18 Å². The van der Waals surface area contributed by atoms with Gasteiger partial charge < -0.3 is 10.6 Å². The average molecular weight is 501 g/mol. The third-order valence-corrected chi connectivity index (χ3v) is 7.80. The van der Waals surface area contributed by atoms with E-state index in [4.69, 9.17) is 4.98 Å². The van der Waals surface area contributed by atoms with E-state index in [1.807, 2.05) is 0 Å². The Morgan fingerprint density at radius 3 is 2.78 bits per heavy atom. The van der Waals surface area contributed by atoms with E-state index in [2.05, 4.69) is 43.8 Å². The molecule has 10 heteroatoms. The predicted molar refractivity (Wildman–Crippen MR) is 138 cm³/mol. The molecule has 0 unspecified atom stereocenters. The zero-order chi connectivity index (χ0) is 25.4. The van der Waals surface area contributed by atoms with Crippen LogP contribution >= 0.6 is 0 Å². The van der Waals surface area contributed by atoms with Gasteiger partial charge >= 0.3 is 0 Å². The lowest BCUT2D eigenvalue weighted by molar-refractivity contribution is 0.336. The number of nitrogens with one attached hydrogen (secondary N) is 2. The topological polar surface area (TPSA) is 103 Å². The average Bonchev–Trinajstić information content (AvgIpc) is 3.84. The molecule has 0 bridgehead atoms. The Hall–Kier alpha value is -3.66. The Balaban J connectivity index is 1.31. The Morgan fingerprint density at radius 1 is 1.19 bits per heavy atom. The lowest BCUT2D eigenvalue weighted by Crippen LogP contribution is -2.36. The molecule has 2 aliphatic carbocycles. The quantitative estimate of drug-likeness (QED) is 0.415. The first-order chi connectivity index (χ1) is 17.9. The fourth-order valence-electron chi connectivity index (χ4n) is 5.36. The Bertz CT molecular complexity index is 1600. The highest BCUT2D eigenvalue weighted by atomic mass is 19.1. The van der Waals surface area contributed by atoms with Crippen LogP contribution < -0.4 is 16.2 Å². The molecule has 0 amide bonds. The maximum atomic E-state index is 13.7. The highest BCUT2D eigenvalue weighted by Gasteiger charge is 2.46. The van der Waals surface area contributed by atoms with Crippen molar-refractivity contribution in [2.45, 2.75) is 62.9 Å². The summed E-state index contributed by atoms with van der Waals surface area (Å²) in [6.07, 6.45) is 8.38. The molecule has 4 heterocycles. The monoisotopic (exact) mass is 500 g/mol. The van der Waals surface area contributed by atoms with E-state index in [0.29, 0.717) is 28.6 Å². The van der Waals surface area contributed by atoms with Crippen LogP contribution in [0.3, 0.4) is 0 Å². The number of anilines is 2. The van der Waals surface area contributed by atoms with Gasteiger partial charge in [0.25, 0.3) is 5.56 Å². The fraction of sp³-hybridized carbons (Fsp3) is 0.444. The van der Waals surface area contributed by atoms with E-state index in [9.17, 15) is 9.18 Å². The molecule has 9 nitrogen and oxygen atoms in total. The van der Waals surface area contributed by atoms with E-state index in [-0.39, 0.29) is 17.1 Å². The molecule has 1 spiro atoms. The van der Waals surface area contributed by atoms with E-state index < -0.39 is 12.1 Å². The van der Waals surface area contributed by atoms with E-state index >= 15 is 0 Å². The van der Waals surface area contributed by atoms with Gasteiger partial charge in [0.15, 0.2) is 11.5 Å². The van der Waals surface area contributed by atoms with Crippen LogP contribution in [-0.4, -0.2) is 42.5 Å². The summed E-state index contributed by atoms with van der Waals surface area (Å²) in [7, 11) is 0. The van der Waals surface area contributed by atoms with Crippen molar-refractivity contribution < 1.29 is 4.39 Å². The summed E-state index contributed by atoms with van der Waals surface area (Å²) in [4.78, 5) is 31.6. The number of rotatable bonds is 6. The first kappa shape index (κ1) is 22.5. The summed E-state index contributed by atoms with van der Waals surface area (Å²) in [5, 5.41) is 7.43. The number of aromatic nitrogens is 6. The van der Waals surface area contributed by atoms with Crippen molar-refractivity contribution in [3.8, 4) is 5.82 Å². The van der Waals surface area contributed by atoms with Gasteiger partial charge in [-0.05, 0) is 55.4 Å². The highest BCUT2D eigenvalue weighted by Crippen LogP contribution is 2.49. The van der Waals surface area contributed by atoms with Crippen LogP contribution in [0.4, 0.5) is 16.0 Å². The minimum absolute atomic E-state index is 0.0784. The lowest BCUT2D eigenvalue weighted by Gasteiger charge is -2.27. The van der Waals surface area contributed by atoms with Crippen molar-refractivity contribution in [1.29, 1.82) is 0 Å². The molecule has 3 aliphatic rings. The Labute approximate surface area is 213 Å². The molecule has 190 valence electrons. The summed E-state index contributed by atoms with van der Waals surface area (Å²) in [5.41, 5.74) is 3.32. The molecule has 7 rings (SSSR count). The number of benzene rings is 1. The third-order valence-electron chi connectivity index (χ3n) is 7.80. The second kappa shape index (κ2) is 7.92. The molecule has 2 saturated carbocycles. The normalized spacial score (nSPS) is 18.2. The minimum Gasteiger partial charge on any atom is -0.324 e. The first-order valence-electron chi connectivity index (χ1n) is 12.9. The molecule has 0 radical (unpaired) electrons. The molecule has 2 fully saturated rings. The molecule has 37 heavy (non-hydrogen) atoms. The van der Waals surface area contributed by atoms with Crippen molar-refractivity contribution in [2.24, 2.45) is 0 Å². The number of hydrogen-bond acceptors (Lipinski definition) is 7. The van der Waals surface area contributed by atoms with E-state index in [0.717, 1.165) is 31.5 Å². The number of nitrogens with zero attached hydrogens (tertiary/aromatic N) is 6. The zero-order valence-electron chi connectivity index (χ0n) is 21.0. The minimum atomic E-state index is -0.841. The van der Waals surface area contributed by atoms with Gasteiger partial charge in [-0.2, -0.15) is 4.98 Å². The lowest BCUT2D eigenvalue weighted by atomic mass is 9.92. The molecule has 2 N–H and O–H groups in total.